The number of carbonyl (C=O) groups is 3. The van der Waals surface area contributed by atoms with E-state index in [-0.39, 0.29) is 22.4 Å². The summed E-state index contributed by atoms with van der Waals surface area (Å²) in [5, 5.41) is 11.8. The van der Waals surface area contributed by atoms with Crippen LogP contribution in [0.1, 0.15) is 36.6 Å². The van der Waals surface area contributed by atoms with Gasteiger partial charge >= 0.3 is 12.1 Å². The van der Waals surface area contributed by atoms with Crippen molar-refractivity contribution in [1.29, 1.82) is 0 Å². The first-order chi connectivity index (χ1) is 14.5. The summed E-state index contributed by atoms with van der Waals surface area (Å²) in [6.45, 7) is 0. The largest absolute Gasteiger partial charge is 0.478 e. The Bertz CT molecular complexity index is 1150. The summed E-state index contributed by atoms with van der Waals surface area (Å²) in [5.41, 5.74) is 5.49. The van der Waals surface area contributed by atoms with Crippen molar-refractivity contribution in [3.63, 3.8) is 0 Å². The van der Waals surface area contributed by atoms with Crippen LogP contribution >= 0.6 is 0 Å². The second-order valence-corrected chi connectivity index (χ2v) is 6.58. The standard InChI is InChI=1S/C22H15F3N2O4/c23-22(24,25)17-5-7-18(8-6-17)27-20(29)15-9-14(10-16(11-15)21(30)31)12-1-3-13(4-2-12)19(26)28/h1-11H,(H2,26,28)(H,27,29)(H,30,31). The molecule has 0 aromatic heterocycles. The van der Waals surface area contributed by atoms with Gasteiger partial charge in [-0.15, -0.1) is 0 Å². The zero-order valence-electron chi connectivity index (χ0n) is 15.7. The lowest BCUT2D eigenvalue weighted by Gasteiger charge is -2.11. The number of carboxylic acids is 1. The van der Waals surface area contributed by atoms with E-state index in [1.54, 1.807) is 12.1 Å². The number of alkyl halides is 3. The Balaban J connectivity index is 1.92. The van der Waals surface area contributed by atoms with Crippen molar-refractivity contribution in [2.24, 2.45) is 5.73 Å². The zero-order chi connectivity index (χ0) is 22.8. The lowest BCUT2D eigenvalue weighted by atomic mass is 9.98. The predicted octanol–water partition coefficient (Wildman–Crippen LogP) is 4.42. The van der Waals surface area contributed by atoms with E-state index in [0.717, 1.165) is 30.3 Å². The van der Waals surface area contributed by atoms with Gasteiger partial charge in [0.05, 0.1) is 11.1 Å². The average Bonchev–Trinajstić information content (AvgIpc) is 2.73. The minimum atomic E-state index is -4.50. The molecule has 0 atom stereocenters. The Morgan fingerprint density at radius 2 is 1.35 bits per heavy atom. The second-order valence-electron chi connectivity index (χ2n) is 6.58. The maximum absolute atomic E-state index is 12.7. The monoisotopic (exact) mass is 428 g/mol. The molecule has 158 valence electrons. The molecule has 0 bridgehead atoms. The highest BCUT2D eigenvalue weighted by Crippen LogP contribution is 2.30. The quantitative estimate of drug-likeness (QED) is 0.559. The number of benzene rings is 3. The molecule has 4 N–H and O–H groups in total. The molecule has 3 rings (SSSR count). The fourth-order valence-electron chi connectivity index (χ4n) is 2.82. The number of amides is 2. The SMILES string of the molecule is NC(=O)c1ccc(-c2cc(C(=O)O)cc(C(=O)Nc3ccc(C(F)(F)F)cc3)c2)cc1. The number of rotatable bonds is 5. The topological polar surface area (TPSA) is 109 Å². The Morgan fingerprint density at radius 3 is 1.87 bits per heavy atom. The molecule has 9 heteroatoms. The van der Waals surface area contributed by atoms with Crippen LogP contribution in [0.25, 0.3) is 11.1 Å². The van der Waals surface area contributed by atoms with E-state index in [2.05, 4.69) is 5.32 Å². The number of anilines is 1. The Labute approximate surface area is 174 Å². The van der Waals surface area contributed by atoms with Gasteiger partial charge in [-0.25, -0.2) is 4.79 Å². The van der Waals surface area contributed by atoms with Crippen LogP contribution in [0.3, 0.4) is 0 Å². The average molecular weight is 428 g/mol. The van der Waals surface area contributed by atoms with Gasteiger partial charge in [-0.1, -0.05) is 12.1 Å². The van der Waals surface area contributed by atoms with E-state index in [9.17, 15) is 32.7 Å². The van der Waals surface area contributed by atoms with E-state index in [1.807, 2.05) is 0 Å². The molecule has 6 nitrogen and oxygen atoms in total. The number of carboxylic acid groups (broad SMARTS) is 1. The number of hydrogen-bond acceptors (Lipinski definition) is 3. The Hall–Kier alpha value is -4.14. The van der Waals surface area contributed by atoms with Gasteiger partial charge in [0.1, 0.15) is 0 Å². The van der Waals surface area contributed by atoms with E-state index < -0.39 is 29.5 Å². The fraction of sp³-hybridized carbons (Fsp3) is 0.0455. The number of halogens is 3. The number of nitrogens with two attached hydrogens (primary N) is 1. The molecule has 0 aliphatic heterocycles. The molecule has 0 saturated heterocycles. The molecule has 0 saturated carbocycles. The molecule has 31 heavy (non-hydrogen) atoms. The van der Waals surface area contributed by atoms with Crippen molar-refractivity contribution in [2.75, 3.05) is 5.32 Å². The molecule has 2 amide bonds. The number of primary amides is 1. The highest BCUT2D eigenvalue weighted by molar-refractivity contribution is 6.06. The van der Waals surface area contributed by atoms with Crippen LogP contribution in [0.2, 0.25) is 0 Å². The molecular formula is C22H15F3N2O4. The van der Waals surface area contributed by atoms with E-state index in [1.165, 1.54) is 24.3 Å². The maximum atomic E-state index is 12.7. The molecule has 0 fully saturated rings. The van der Waals surface area contributed by atoms with E-state index >= 15 is 0 Å². The molecular weight excluding hydrogens is 413 g/mol. The molecule has 0 unspecified atom stereocenters. The first-order valence-electron chi connectivity index (χ1n) is 8.82. The van der Waals surface area contributed by atoms with Crippen LogP contribution in [-0.2, 0) is 6.18 Å². The number of aromatic carboxylic acids is 1. The molecule has 0 aliphatic carbocycles. The predicted molar refractivity (Wildman–Crippen MR) is 107 cm³/mol. The molecule has 3 aromatic carbocycles. The van der Waals surface area contributed by atoms with Crippen molar-refractivity contribution >= 4 is 23.5 Å². The smallest absolute Gasteiger partial charge is 0.416 e. The number of carbonyl (C=O) groups excluding carboxylic acids is 2. The third-order valence-corrected chi connectivity index (χ3v) is 4.41. The minimum Gasteiger partial charge on any atom is -0.478 e. The van der Waals surface area contributed by atoms with Crippen molar-refractivity contribution in [3.8, 4) is 11.1 Å². The van der Waals surface area contributed by atoms with Gasteiger partial charge in [-0.3, -0.25) is 9.59 Å². The molecule has 0 heterocycles. The van der Waals surface area contributed by atoms with E-state index in [4.69, 9.17) is 5.73 Å². The number of nitrogens with one attached hydrogen (secondary N) is 1. The maximum Gasteiger partial charge on any atom is 0.416 e. The van der Waals surface area contributed by atoms with Crippen LogP contribution < -0.4 is 11.1 Å². The van der Waals surface area contributed by atoms with Crippen LogP contribution in [-0.4, -0.2) is 22.9 Å². The van der Waals surface area contributed by atoms with Crippen LogP contribution in [0.15, 0.2) is 66.7 Å². The Morgan fingerprint density at radius 1 is 0.774 bits per heavy atom. The van der Waals surface area contributed by atoms with Gasteiger partial charge in [0.2, 0.25) is 5.91 Å². The summed E-state index contributed by atoms with van der Waals surface area (Å²) < 4.78 is 38.0. The van der Waals surface area contributed by atoms with Gasteiger partial charge in [0, 0.05) is 16.8 Å². The molecule has 0 radical (unpaired) electrons. The van der Waals surface area contributed by atoms with Crippen LogP contribution in [0.4, 0.5) is 18.9 Å². The van der Waals surface area contributed by atoms with Crippen LogP contribution in [0.5, 0.6) is 0 Å². The molecule has 0 aliphatic rings. The third kappa shape index (κ3) is 5.08. The van der Waals surface area contributed by atoms with Gasteiger partial charge in [0.15, 0.2) is 0 Å². The molecule has 3 aromatic rings. The van der Waals surface area contributed by atoms with Gasteiger partial charge in [0.25, 0.3) is 5.91 Å². The summed E-state index contributed by atoms with van der Waals surface area (Å²) in [5.74, 6) is -2.58. The van der Waals surface area contributed by atoms with Crippen molar-refractivity contribution < 1.29 is 32.7 Å². The third-order valence-electron chi connectivity index (χ3n) is 4.41. The Kier molecular flexibility index (Phi) is 5.78. The molecule has 0 spiro atoms. The van der Waals surface area contributed by atoms with Gasteiger partial charge < -0.3 is 16.2 Å². The fourth-order valence-corrected chi connectivity index (χ4v) is 2.82. The highest BCUT2D eigenvalue weighted by atomic mass is 19.4. The second kappa shape index (κ2) is 8.31. The van der Waals surface area contributed by atoms with Crippen LogP contribution in [0, 0.1) is 0 Å². The highest BCUT2D eigenvalue weighted by Gasteiger charge is 2.30. The normalized spacial score (nSPS) is 11.1. The summed E-state index contributed by atoms with van der Waals surface area (Å²) in [6, 6.07) is 13.8. The van der Waals surface area contributed by atoms with Gasteiger partial charge in [-0.2, -0.15) is 13.2 Å². The lowest BCUT2D eigenvalue weighted by Crippen LogP contribution is -2.14. The summed E-state index contributed by atoms with van der Waals surface area (Å²) in [6.07, 6.45) is -4.50. The van der Waals surface area contributed by atoms with E-state index in [0.29, 0.717) is 11.1 Å². The van der Waals surface area contributed by atoms with Crippen molar-refractivity contribution in [2.45, 2.75) is 6.18 Å². The number of hydrogen-bond donors (Lipinski definition) is 3. The van der Waals surface area contributed by atoms with Crippen molar-refractivity contribution in [1.82, 2.24) is 0 Å². The summed E-state index contributed by atoms with van der Waals surface area (Å²) in [7, 11) is 0. The lowest BCUT2D eigenvalue weighted by molar-refractivity contribution is -0.137. The first kappa shape index (κ1) is 21.6. The van der Waals surface area contributed by atoms with Crippen molar-refractivity contribution in [3.05, 3.63) is 89.0 Å². The summed E-state index contributed by atoms with van der Waals surface area (Å²) in [4.78, 5) is 35.3. The first-order valence-corrected chi connectivity index (χ1v) is 8.82. The summed E-state index contributed by atoms with van der Waals surface area (Å²) >= 11 is 0. The minimum absolute atomic E-state index is 0.00576. The zero-order valence-corrected chi connectivity index (χ0v) is 15.7. The van der Waals surface area contributed by atoms with Gasteiger partial charge in [-0.05, 0) is 65.7 Å².